The average Bonchev–Trinajstić information content (AvgIpc) is 2.60. The van der Waals surface area contributed by atoms with Gasteiger partial charge in [-0.1, -0.05) is 18.6 Å². The lowest BCUT2D eigenvalue weighted by atomic mass is 9.82. The maximum atomic E-state index is 12.8. The zero-order valence-electron chi connectivity index (χ0n) is 14.2. The summed E-state index contributed by atoms with van der Waals surface area (Å²) in [5.41, 5.74) is 1.19. The summed E-state index contributed by atoms with van der Waals surface area (Å²) in [7, 11) is 0. The number of phenolic OH excluding ortho intramolecular Hbond substituents is 2. The monoisotopic (exact) mass is 373 g/mol. The molecule has 1 aliphatic carbocycles. The van der Waals surface area contributed by atoms with Gasteiger partial charge in [-0.05, 0) is 49.7 Å². The fraction of sp³-hybridized carbons (Fsp3) is 0.300. The highest BCUT2D eigenvalue weighted by Gasteiger charge is 2.34. The van der Waals surface area contributed by atoms with Crippen molar-refractivity contribution >= 4 is 24.0 Å². The van der Waals surface area contributed by atoms with Gasteiger partial charge in [0.15, 0.2) is 5.78 Å². The fourth-order valence-electron chi connectivity index (χ4n) is 3.81. The summed E-state index contributed by atoms with van der Waals surface area (Å²) in [5, 5.41) is 20.4. The molecule has 2 aromatic rings. The van der Waals surface area contributed by atoms with Crippen molar-refractivity contribution in [2.75, 3.05) is 13.1 Å². The third-order valence-corrected chi connectivity index (χ3v) is 5.02. The first kappa shape index (κ1) is 18.4. The van der Waals surface area contributed by atoms with Gasteiger partial charge in [-0.3, -0.25) is 14.5 Å². The number of benzene rings is 2. The highest BCUT2D eigenvalue weighted by atomic mass is 35.5. The van der Waals surface area contributed by atoms with Crippen molar-refractivity contribution in [2.45, 2.75) is 25.8 Å². The van der Waals surface area contributed by atoms with Gasteiger partial charge in [0.2, 0.25) is 5.78 Å². The van der Waals surface area contributed by atoms with Crippen molar-refractivity contribution in [3.8, 4) is 11.5 Å². The van der Waals surface area contributed by atoms with Gasteiger partial charge >= 0.3 is 0 Å². The van der Waals surface area contributed by atoms with Crippen molar-refractivity contribution in [3.05, 3.63) is 58.1 Å². The molecule has 1 aliphatic heterocycles. The van der Waals surface area contributed by atoms with Crippen molar-refractivity contribution in [2.24, 2.45) is 0 Å². The van der Waals surface area contributed by atoms with Crippen LogP contribution in [0.4, 0.5) is 0 Å². The number of fused-ring (bicyclic) bond motifs is 2. The van der Waals surface area contributed by atoms with E-state index >= 15 is 0 Å². The second kappa shape index (κ2) is 7.09. The minimum Gasteiger partial charge on any atom is -0.507 e. The van der Waals surface area contributed by atoms with E-state index in [9.17, 15) is 19.8 Å². The lowest BCUT2D eigenvalue weighted by Gasteiger charge is -2.27. The van der Waals surface area contributed by atoms with Gasteiger partial charge in [0.1, 0.15) is 11.5 Å². The zero-order chi connectivity index (χ0) is 17.6. The number of hydrogen-bond acceptors (Lipinski definition) is 5. The molecule has 0 unspecified atom stereocenters. The fourth-order valence-corrected chi connectivity index (χ4v) is 3.81. The summed E-state index contributed by atoms with van der Waals surface area (Å²) in [4.78, 5) is 27.8. The molecule has 0 aromatic heterocycles. The van der Waals surface area contributed by atoms with E-state index in [-0.39, 0.29) is 51.9 Å². The molecule has 2 aliphatic rings. The number of carbonyl (C=O) groups excluding carboxylic acids is 2. The topological polar surface area (TPSA) is 77.8 Å². The molecule has 0 spiro atoms. The highest BCUT2D eigenvalue weighted by molar-refractivity contribution is 6.30. The molecular formula is C20H20ClNO4. The van der Waals surface area contributed by atoms with E-state index < -0.39 is 5.78 Å². The Bertz CT molecular complexity index is 888. The van der Waals surface area contributed by atoms with E-state index in [1.54, 1.807) is 18.2 Å². The molecular weight excluding hydrogens is 354 g/mol. The van der Waals surface area contributed by atoms with E-state index in [4.69, 9.17) is 0 Å². The van der Waals surface area contributed by atoms with Crippen LogP contribution in [0.2, 0.25) is 0 Å². The summed E-state index contributed by atoms with van der Waals surface area (Å²) in [6.45, 7) is 2.65. The van der Waals surface area contributed by atoms with Crippen LogP contribution in [0.3, 0.4) is 0 Å². The molecule has 0 bridgehead atoms. The van der Waals surface area contributed by atoms with E-state index in [0.29, 0.717) is 6.54 Å². The first-order valence-electron chi connectivity index (χ1n) is 8.56. The van der Waals surface area contributed by atoms with E-state index in [1.807, 2.05) is 0 Å². The van der Waals surface area contributed by atoms with Crippen molar-refractivity contribution in [3.63, 3.8) is 0 Å². The largest absolute Gasteiger partial charge is 0.507 e. The SMILES string of the molecule is Cl.O=C1c2cccc(O)c2C(=O)c2c(O)cc(CN3CCCCC3)cc21. The predicted octanol–water partition coefficient (Wildman–Crippen LogP) is 3.28. The number of rotatable bonds is 2. The third kappa shape index (κ3) is 2.97. The van der Waals surface area contributed by atoms with Gasteiger partial charge in [-0.25, -0.2) is 0 Å². The molecule has 5 nitrogen and oxygen atoms in total. The van der Waals surface area contributed by atoms with Crippen LogP contribution in [0, 0.1) is 0 Å². The van der Waals surface area contributed by atoms with Crippen molar-refractivity contribution < 1.29 is 19.8 Å². The molecule has 136 valence electrons. The maximum absolute atomic E-state index is 12.8. The Labute approximate surface area is 157 Å². The Morgan fingerprint density at radius 2 is 1.54 bits per heavy atom. The normalized spacial score (nSPS) is 16.6. The number of likely N-dealkylation sites (tertiary alicyclic amines) is 1. The van der Waals surface area contributed by atoms with Crippen LogP contribution in [0.15, 0.2) is 30.3 Å². The van der Waals surface area contributed by atoms with Gasteiger partial charge in [0.05, 0.1) is 11.1 Å². The molecule has 0 amide bonds. The minimum absolute atomic E-state index is 0. The van der Waals surface area contributed by atoms with Crippen LogP contribution in [-0.4, -0.2) is 39.8 Å². The standard InChI is InChI=1S/C20H19NO4.ClH/c22-15-6-4-5-13-17(15)20(25)18-14(19(13)24)9-12(10-16(18)23)11-21-7-2-1-3-8-21;/h4-6,9-10,22-23H,1-3,7-8,11H2;1H. The zero-order valence-corrected chi connectivity index (χ0v) is 15.0. The smallest absolute Gasteiger partial charge is 0.201 e. The van der Waals surface area contributed by atoms with Crippen LogP contribution in [-0.2, 0) is 6.54 Å². The number of hydrogen-bond donors (Lipinski definition) is 2. The highest BCUT2D eigenvalue weighted by Crippen LogP contribution is 2.37. The summed E-state index contributed by atoms with van der Waals surface area (Å²) >= 11 is 0. The number of aromatic hydroxyl groups is 2. The molecule has 1 saturated heterocycles. The second-order valence-corrected chi connectivity index (χ2v) is 6.73. The lowest BCUT2D eigenvalue weighted by Crippen LogP contribution is -2.29. The predicted molar refractivity (Wildman–Crippen MR) is 99.5 cm³/mol. The van der Waals surface area contributed by atoms with Crippen LogP contribution < -0.4 is 0 Å². The van der Waals surface area contributed by atoms with Crippen LogP contribution in [0.25, 0.3) is 0 Å². The minimum atomic E-state index is -0.510. The molecule has 6 heteroatoms. The Morgan fingerprint density at radius 1 is 0.846 bits per heavy atom. The average molecular weight is 374 g/mol. The van der Waals surface area contributed by atoms with Crippen LogP contribution >= 0.6 is 12.4 Å². The lowest BCUT2D eigenvalue weighted by molar-refractivity contribution is 0.0974. The number of carbonyl (C=O) groups is 2. The molecule has 0 atom stereocenters. The van der Waals surface area contributed by atoms with Gasteiger partial charge in [0, 0.05) is 17.7 Å². The van der Waals surface area contributed by atoms with Crippen LogP contribution in [0.1, 0.15) is 56.7 Å². The number of nitrogens with zero attached hydrogens (tertiary/aromatic N) is 1. The molecule has 0 radical (unpaired) electrons. The van der Waals surface area contributed by atoms with Crippen LogP contribution in [0.5, 0.6) is 11.5 Å². The van der Waals surface area contributed by atoms with E-state index in [0.717, 1.165) is 31.5 Å². The third-order valence-electron chi connectivity index (χ3n) is 5.02. The van der Waals surface area contributed by atoms with Crippen molar-refractivity contribution in [1.82, 2.24) is 4.90 Å². The van der Waals surface area contributed by atoms with Gasteiger partial charge in [0.25, 0.3) is 0 Å². The molecule has 1 fully saturated rings. The van der Waals surface area contributed by atoms with Gasteiger partial charge < -0.3 is 10.2 Å². The Morgan fingerprint density at radius 3 is 2.27 bits per heavy atom. The number of piperidine rings is 1. The van der Waals surface area contributed by atoms with Crippen molar-refractivity contribution in [1.29, 1.82) is 0 Å². The number of phenols is 2. The summed E-state index contributed by atoms with van der Waals surface area (Å²) in [5.74, 6) is -1.28. The molecule has 0 saturated carbocycles. The summed E-state index contributed by atoms with van der Waals surface area (Å²) in [6, 6.07) is 7.71. The maximum Gasteiger partial charge on any atom is 0.201 e. The molecule has 1 heterocycles. The van der Waals surface area contributed by atoms with Gasteiger partial charge in [-0.15, -0.1) is 12.4 Å². The quantitative estimate of drug-likeness (QED) is 0.720. The molecule has 2 aromatic carbocycles. The summed E-state index contributed by atoms with van der Waals surface area (Å²) < 4.78 is 0. The Hall–Kier alpha value is -2.37. The number of ketones is 2. The molecule has 26 heavy (non-hydrogen) atoms. The Kier molecular flexibility index (Phi) is 5.03. The summed E-state index contributed by atoms with van der Waals surface area (Å²) in [6.07, 6.45) is 3.54. The van der Waals surface area contributed by atoms with Gasteiger partial charge in [-0.2, -0.15) is 0 Å². The number of halogens is 1. The van der Waals surface area contributed by atoms with E-state index in [1.165, 1.54) is 18.6 Å². The second-order valence-electron chi connectivity index (χ2n) is 6.73. The molecule has 4 rings (SSSR count). The van der Waals surface area contributed by atoms with E-state index in [2.05, 4.69) is 4.90 Å². The first-order chi connectivity index (χ1) is 12.1. The Balaban J connectivity index is 0.00000196. The first-order valence-corrected chi connectivity index (χ1v) is 8.56. The molecule has 2 N–H and O–H groups in total.